The summed E-state index contributed by atoms with van der Waals surface area (Å²) in [6.07, 6.45) is -8.14. The van der Waals surface area contributed by atoms with Gasteiger partial charge in [-0.25, -0.2) is 8.78 Å². The van der Waals surface area contributed by atoms with Crippen molar-refractivity contribution >= 4 is 0 Å². The fourth-order valence-electron chi connectivity index (χ4n) is 1.23. The summed E-state index contributed by atoms with van der Waals surface area (Å²) < 4.78 is 69.6. The topological polar surface area (TPSA) is 18.5 Å². The third-order valence-electron chi connectivity index (χ3n) is 1.77. The van der Waals surface area contributed by atoms with Gasteiger partial charge in [0.25, 0.3) is 6.43 Å². The maximum atomic E-state index is 12.7. The van der Waals surface area contributed by atoms with Crippen molar-refractivity contribution in [1.29, 1.82) is 0 Å². The summed E-state index contributed by atoms with van der Waals surface area (Å²) in [7, 11) is 0. The van der Waals surface area contributed by atoms with E-state index >= 15 is 0 Å². The molecule has 0 saturated heterocycles. The predicted molar refractivity (Wildman–Crippen MR) is 49.3 cm³/mol. The van der Waals surface area contributed by atoms with E-state index in [1.807, 2.05) is 0 Å². The van der Waals surface area contributed by atoms with Gasteiger partial charge in [0.1, 0.15) is 17.1 Å². The molecule has 0 N–H and O–H groups in total. The molecule has 0 unspecified atom stereocenters. The van der Waals surface area contributed by atoms with E-state index in [0.29, 0.717) is 0 Å². The van der Waals surface area contributed by atoms with Crippen molar-refractivity contribution in [2.24, 2.45) is 0 Å². The molecule has 1 rings (SSSR count). The first-order valence-electron chi connectivity index (χ1n) is 4.64. The molecule has 7 heteroatoms. The Kier molecular flexibility index (Phi) is 4.14. The molecule has 2 nitrogen and oxygen atoms in total. The van der Waals surface area contributed by atoms with Crippen molar-refractivity contribution in [3.8, 4) is 11.5 Å². The number of hydrogen-bond donors (Lipinski definition) is 0. The number of hydrogen-bond acceptors (Lipinski definition) is 2. The standard InChI is InChI=1S/C10H9F5O2/c1-2-16-6-4-3-5-7(8(6)9(11)12)17-10(13,14)15/h3-5,9H,2H2,1H3. The molecule has 0 aliphatic rings. The predicted octanol–water partition coefficient (Wildman–Crippen LogP) is 3.92. The minimum absolute atomic E-state index is 0.0647. The molecular formula is C10H9F5O2. The van der Waals surface area contributed by atoms with Crippen molar-refractivity contribution in [2.75, 3.05) is 6.61 Å². The molecule has 0 spiro atoms. The Morgan fingerprint density at radius 2 is 1.76 bits per heavy atom. The van der Waals surface area contributed by atoms with Gasteiger partial charge in [-0.3, -0.25) is 0 Å². The molecular weight excluding hydrogens is 247 g/mol. The molecule has 96 valence electrons. The van der Waals surface area contributed by atoms with Crippen LogP contribution in [0.15, 0.2) is 18.2 Å². The number of rotatable bonds is 4. The average Bonchev–Trinajstić information content (AvgIpc) is 2.15. The van der Waals surface area contributed by atoms with E-state index < -0.39 is 24.1 Å². The van der Waals surface area contributed by atoms with Crippen molar-refractivity contribution in [3.05, 3.63) is 23.8 Å². The number of benzene rings is 1. The van der Waals surface area contributed by atoms with Crippen molar-refractivity contribution in [3.63, 3.8) is 0 Å². The molecule has 0 aliphatic carbocycles. The molecule has 0 saturated carbocycles. The smallest absolute Gasteiger partial charge is 0.493 e. The Bertz CT molecular complexity index is 375. The van der Waals surface area contributed by atoms with Crippen LogP contribution < -0.4 is 9.47 Å². The molecule has 17 heavy (non-hydrogen) atoms. The molecule has 1 aromatic rings. The lowest BCUT2D eigenvalue weighted by atomic mass is 10.2. The van der Waals surface area contributed by atoms with Gasteiger partial charge in [0, 0.05) is 0 Å². The second kappa shape index (κ2) is 5.20. The van der Waals surface area contributed by atoms with Crippen LogP contribution in [0, 0.1) is 0 Å². The van der Waals surface area contributed by atoms with Gasteiger partial charge in [0.05, 0.1) is 6.61 Å². The first kappa shape index (κ1) is 13.5. The second-order valence-corrected chi connectivity index (χ2v) is 2.95. The minimum atomic E-state index is -5.02. The van der Waals surface area contributed by atoms with Gasteiger partial charge in [0.2, 0.25) is 0 Å². The molecule has 0 aliphatic heterocycles. The zero-order valence-corrected chi connectivity index (χ0v) is 8.72. The fourth-order valence-corrected chi connectivity index (χ4v) is 1.23. The van der Waals surface area contributed by atoms with E-state index in [9.17, 15) is 22.0 Å². The summed E-state index contributed by atoms with van der Waals surface area (Å²) in [5.41, 5.74) is -0.897. The second-order valence-electron chi connectivity index (χ2n) is 2.95. The monoisotopic (exact) mass is 256 g/mol. The lowest BCUT2D eigenvalue weighted by Gasteiger charge is -2.15. The SMILES string of the molecule is CCOc1cccc(OC(F)(F)F)c1C(F)F. The zero-order valence-electron chi connectivity index (χ0n) is 8.72. The van der Waals surface area contributed by atoms with Crippen LogP contribution in [0.5, 0.6) is 11.5 Å². The third-order valence-corrected chi connectivity index (χ3v) is 1.77. The van der Waals surface area contributed by atoms with Crippen LogP contribution in [0.2, 0.25) is 0 Å². The number of halogens is 5. The normalized spacial score (nSPS) is 11.7. The van der Waals surface area contributed by atoms with Gasteiger partial charge >= 0.3 is 6.36 Å². The van der Waals surface area contributed by atoms with E-state index in [2.05, 4.69) is 4.74 Å². The first-order valence-corrected chi connectivity index (χ1v) is 4.64. The van der Waals surface area contributed by atoms with Crippen molar-refractivity contribution in [2.45, 2.75) is 19.7 Å². The minimum Gasteiger partial charge on any atom is -0.493 e. The van der Waals surface area contributed by atoms with Crippen LogP contribution in [0.25, 0.3) is 0 Å². The zero-order chi connectivity index (χ0) is 13.1. The highest BCUT2D eigenvalue weighted by molar-refractivity contribution is 5.45. The highest BCUT2D eigenvalue weighted by atomic mass is 19.4. The average molecular weight is 256 g/mol. The quantitative estimate of drug-likeness (QED) is 0.760. The number of ether oxygens (including phenoxy) is 2. The largest absolute Gasteiger partial charge is 0.573 e. The van der Waals surface area contributed by atoms with E-state index in [0.717, 1.165) is 18.2 Å². The lowest BCUT2D eigenvalue weighted by molar-refractivity contribution is -0.275. The Balaban J connectivity index is 3.15. The highest BCUT2D eigenvalue weighted by Crippen LogP contribution is 2.39. The molecule has 0 aromatic heterocycles. The van der Waals surface area contributed by atoms with Crippen LogP contribution in [-0.2, 0) is 0 Å². The molecule has 0 heterocycles. The van der Waals surface area contributed by atoms with E-state index in [1.54, 1.807) is 0 Å². The molecule has 0 bridgehead atoms. The van der Waals surface area contributed by atoms with E-state index in [1.165, 1.54) is 6.92 Å². The summed E-state index contributed by atoms with van der Waals surface area (Å²) in [5, 5.41) is 0. The summed E-state index contributed by atoms with van der Waals surface area (Å²) in [6, 6.07) is 3.13. The van der Waals surface area contributed by atoms with E-state index in [4.69, 9.17) is 4.74 Å². The molecule has 0 atom stereocenters. The summed E-state index contributed by atoms with van der Waals surface area (Å²) in [5.74, 6) is -1.26. The summed E-state index contributed by atoms with van der Waals surface area (Å²) in [4.78, 5) is 0. The Labute approximate surface area is 93.9 Å². The fraction of sp³-hybridized carbons (Fsp3) is 0.400. The Morgan fingerprint density at radius 1 is 1.18 bits per heavy atom. The Morgan fingerprint density at radius 3 is 2.24 bits per heavy atom. The van der Waals surface area contributed by atoms with Crippen molar-refractivity contribution in [1.82, 2.24) is 0 Å². The lowest BCUT2D eigenvalue weighted by Crippen LogP contribution is -2.18. The van der Waals surface area contributed by atoms with Gasteiger partial charge in [-0.05, 0) is 19.1 Å². The van der Waals surface area contributed by atoms with Crippen LogP contribution >= 0.6 is 0 Å². The first-order chi connectivity index (χ1) is 7.85. The van der Waals surface area contributed by atoms with Gasteiger partial charge in [0.15, 0.2) is 0 Å². The van der Waals surface area contributed by atoms with Gasteiger partial charge < -0.3 is 9.47 Å². The maximum Gasteiger partial charge on any atom is 0.573 e. The molecule has 0 fully saturated rings. The van der Waals surface area contributed by atoms with Crippen LogP contribution in [0.4, 0.5) is 22.0 Å². The van der Waals surface area contributed by atoms with Gasteiger partial charge in [-0.15, -0.1) is 13.2 Å². The summed E-state index contributed by atoms with van der Waals surface area (Å²) in [6.45, 7) is 1.60. The molecule has 1 aromatic carbocycles. The molecule has 0 radical (unpaired) electrons. The number of alkyl halides is 5. The van der Waals surface area contributed by atoms with Crippen LogP contribution in [0.3, 0.4) is 0 Å². The molecule has 0 amide bonds. The van der Waals surface area contributed by atoms with Crippen molar-refractivity contribution < 1.29 is 31.4 Å². The maximum absolute atomic E-state index is 12.7. The van der Waals surface area contributed by atoms with Gasteiger partial charge in [-0.2, -0.15) is 0 Å². The Hall–Kier alpha value is -1.53. The van der Waals surface area contributed by atoms with E-state index in [-0.39, 0.29) is 12.4 Å². The highest BCUT2D eigenvalue weighted by Gasteiger charge is 2.34. The van der Waals surface area contributed by atoms with Crippen LogP contribution in [0.1, 0.15) is 18.9 Å². The van der Waals surface area contributed by atoms with Crippen LogP contribution in [-0.4, -0.2) is 13.0 Å². The van der Waals surface area contributed by atoms with Gasteiger partial charge in [-0.1, -0.05) is 6.07 Å². The third kappa shape index (κ3) is 3.76. The summed E-state index contributed by atoms with van der Waals surface area (Å²) >= 11 is 0.